The summed E-state index contributed by atoms with van der Waals surface area (Å²) in [4.78, 5) is 18.9. The molecule has 4 heterocycles. The molecule has 0 spiro atoms. The average Bonchev–Trinajstić information content (AvgIpc) is 3.09. The Morgan fingerprint density at radius 2 is 2.00 bits per heavy atom. The Balaban J connectivity index is 1.88. The van der Waals surface area contributed by atoms with Gasteiger partial charge in [0.25, 0.3) is 0 Å². The fraction of sp³-hybridized carbons (Fsp3) is 0.200. The fourth-order valence-corrected chi connectivity index (χ4v) is 3.30. The molecule has 0 aliphatic rings. The highest BCUT2D eigenvalue weighted by Gasteiger charge is 2.11. The van der Waals surface area contributed by atoms with E-state index in [-0.39, 0.29) is 0 Å². The van der Waals surface area contributed by atoms with Gasteiger partial charge in [-0.15, -0.1) is 0 Å². The molecule has 4 aromatic heterocycles. The molecule has 4 rings (SSSR count). The number of aromatic nitrogens is 5. The van der Waals surface area contributed by atoms with Gasteiger partial charge in [-0.05, 0) is 19.9 Å². The third-order valence-electron chi connectivity index (χ3n) is 3.51. The van der Waals surface area contributed by atoms with Crippen LogP contribution in [0.15, 0.2) is 24.7 Å². The van der Waals surface area contributed by atoms with E-state index in [1.807, 2.05) is 33.3 Å². The first kappa shape index (κ1) is 13.1. The van der Waals surface area contributed by atoms with Crippen LogP contribution in [0.5, 0.6) is 0 Å². The van der Waals surface area contributed by atoms with Gasteiger partial charge in [0.2, 0.25) is 0 Å². The van der Waals surface area contributed by atoms with E-state index in [2.05, 4.69) is 35.7 Å². The van der Waals surface area contributed by atoms with E-state index in [0.717, 1.165) is 37.9 Å². The van der Waals surface area contributed by atoms with Gasteiger partial charge in [0, 0.05) is 25.0 Å². The van der Waals surface area contributed by atoms with Crippen molar-refractivity contribution in [3.05, 3.63) is 36.0 Å². The van der Waals surface area contributed by atoms with Gasteiger partial charge in [0.15, 0.2) is 11.0 Å². The summed E-state index contributed by atoms with van der Waals surface area (Å²) in [5, 5.41) is 3.88. The van der Waals surface area contributed by atoms with Crippen molar-refractivity contribution in [2.45, 2.75) is 13.8 Å². The topological polar surface area (TPSA) is 68.0 Å². The second kappa shape index (κ2) is 4.74. The van der Waals surface area contributed by atoms with Crippen LogP contribution in [0.2, 0.25) is 0 Å². The van der Waals surface area contributed by atoms with Crippen LogP contribution in [0.25, 0.3) is 27.3 Å². The van der Waals surface area contributed by atoms with Crippen LogP contribution in [0, 0.1) is 13.8 Å². The molecule has 0 amide bonds. The minimum absolute atomic E-state index is 0.708. The van der Waals surface area contributed by atoms with Gasteiger partial charge in [-0.3, -0.25) is 4.98 Å². The quantitative estimate of drug-likeness (QED) is 0.616. The summed E-state index contributed by atoms with van der Waals surface area (Å²) in [5.74, 6) is 0.708. The van der Waals surface area contributed by atoms with E-state index in [1.54, 1.807) is 6.20 Å². The highest BCUT2D eigenvalue weighted by atomic mass is 32.1. The summed E-state index contributed by atoms with van der Waals surface area (Å²) < 4.78 is 2.08. The molecule has 0 fully saturated rings. The largest absolute Gasteiger partial charge is 0.365 e. The molecule has 4 aromatic rings. The summed E-state index contributed by atoms with van der Waals surface area (Å²) in [6.45, 7) is 4.00. The van der Waals surface area contributed by atoms with E-state index >= 15 is 0 Å². The Morgan fingerprint density at radius 3 is 2.82 bits per heavy atom. The number of nitrogens with one attached hydrogen (secondary N) is 1. The van der Waals surface area contributed by atoms with Crippen molar-refractivity contribution in [3.63, 3.8) is 0 Å². The Bertz CT molecular complexity index is 1000. The van der Waals surface area contributed by atoms with Gasteiger partial charge in [-0.1, -0.05) is 11.3 Å². The Hall–Kier alpha value is -2.54. The predicted molar refractivity (Wildman–Crippen MR) is 88.4 cm³/mol. The maximum absolute atomic E-state index is 4.63. The molecular formula is C15H14N6S. The van der Waals surface area contributed by atoms with E-state index in [0.29, 0.717) is 5.82 Å². The van der Waals surface area contributed by atoms with Gasteiger partial charge >= 0.3 is 0 Å². The highest BCUT2D eigenvalue weighted by Crippen LogP contribution is 2.27. The Labute approximate surface area is 130 Å². The van der Waals surface area contributed by atoms with Crippen LogP contribution in [0.3, 0.4) is 0 Å². The van der Waals surface area contributed by atoms with Crippen LogP contribution in [-0.2, 0) is 0 Å². The lowest BCUT2D eigenvalue weighted by Crippen LogP contribution is -1.92. The third-order valence-corrected chi connectivity index (χ3v) is 4.49. The van der Waals surface area contributed by atoms with Crippen molar-refractivity contribution in [3.8, 4) is 11.4 Å². The number of nitrogens with zero attached hydrogens (tertiary/aromatic N) is 5. The molecule has 22 heavy (non-hydrogen) atoms. The number of aryl methyl sites for hydroxylation is 2. The van der Waals surface area contributed by atoms with Crippen molar-refractivity contribution >= 4 is 32.3 Å². The molecule has 0 atom stereocenters. The molecule has 6 nitrogen and oxygen atoms in total. The Kier molecular flexibility index (Phi) is 2.83. The first-order chi connectivity index (χ1) is 10.6. The summed E-state index contributed by atoms with van der Waals surface area (Å²) in [6, 6.07) is 2.07. The summed E-state index contributed by atoms with van der Waals surface area (Å²) in [5.41, 5.74) is 4.86. The fourth-order valence-electron chi connectivity index (χ4n) is 2.53. The molecule has 0 unspecified atom stereocenters. The number of anilines is 1. The molecule has 0 bridgehead atoms. The number of fused-ring (bicyclic) bond motifs is 2. The molecule has 0 radical (unpaired) electrons. The van der Waals surface area contributed by atoms with Crippen LogP contribution in [0.4, 0.5) is 5.13 Å². The zero-order chi connectivity index (χ0) is 15.3. The SMILES string of the molecule is CNc1nc2cnc(-c3cc4c(C)nc(C)cn4c3)nc2s1. The van der Waals surface area contributed by atoms with Gasteiger partial charge in [-0.25, -0.2) is 15.0 Å². The third kappa shape index (κ3) is 2.01. The Morgan fingerprint density at radius 1 is 1.14 bits per heavy atom. The zero-order valence-electron chi connectivity index (χ0n) is 12.5. The average molecular weight is 310 g/mol. The summed E-state index contributed by atoms with van der Waals surface area (Å²) >= 11 is 1.53. The molecule has 0 aliphatic heterocycles. The monoisotopic (exact) mass is 310 g/mol. The van der Waals surface area contributed by atoms with Crippen molar-refractivity contribution in [2.75, 3.05) is 12.4 Å². The lowest BCUT2D eigenvalue weighted by Gasteiger charge is -1.99. The minimum atomic E-state index is 0.708. The van der Waals surface area contributed by atoms with E-state index in [1.165, 1.54) is 11.3 Å². The molecule has 7 heteroatoms. The zero-order valence-corrected chi connectivity index (χ0v) is 13.3. The van der Waals surface area contributed by atoms with Crippen LogP contribution >= 0.6 is 11.3 Å². The molecule has 1 N–H and O–H groups in total. The molecule has 0 aromatic carbocycles. The molecular weight excluding hydrogens is 296 g/mol. The predicted octanol–water partition coefficient (Wildman–Crippen LogP) is 3.06. The number of hydrogen-bond acceptors (Lipinski definition) is 6. The minimum Gasteiger partial charge on any atom is -0.365 e. The molecule has 0 saturated carbocycles. The maximum atomic E-state index is 4.63. The summed E-state index contributed by atoms with van der Waals surface area (Å²) in [7, 11) is 1.85. The lowest BCUT2D eigenvalue weighted by atomic mass is 10.3. The first-order valence-electron chi connectivity index (χ1n) is 6.92. The van der Waals surface area contributed by atoms with Gasteiger partial charge in [-0.2, -0.15) is 0 Å². The van der Waals surface area contributed by atoms with Crippen LogP contribution in [-0.4, -0.2) is 31.4 Å². The van der Waals surface area contributed by atoms with E-state index in [9.17, 15) is 0 Å². The molecule has 0 aliphatic carbocycles. The smallest absolute Gasteiger partial charge is 0.185 e. The summed E-state index contributed by atoms with van der Waals surface area (Å²) in [6.07, 6.45) is 5.82. The van der Waals surface area contributed by atoms with Crippen molar-refractivity contribution in [2.24, 2.45) is 0 Å². The number of thiazole rings is 1. The second-order valence-corrected chi connectivity index (χ2v) is 6.12. The van der Waals surface area contributed by atoms with Crippen molar-refractivity contribution < 1.29 is 0 Å². The van der Waals surface area contributed by atoms with Gasteiger partial charge in [0.1, 0.15) is 10.3 Å². The van der Waals surface area contributed by atoms with Crippen LogP contribution in [0.1, 0.15) is 11.4 Å². The molecule has 0 saturated heterocycles. The normalized spacial score (nSPS) is 11.4. The standard InChI is InChI=1S/C15H14N6S/c1-8-6-21-7-10(4-12(21)9(2)18-8)13-17-5-11-14(20-13)22-15(16-3)19-11/h4-7H,1-3H3,(H,16,19). The number of rotatable bonds is 2. The maximum Gasteiger partial charge on any atom is 0.185 e. The van der Waals surface area contributed by atoms with E-state index in [4.69, 9.17) is 0 Å². The first-order valence-corrected chi connectivity index (χ1v) is 7.73. The van der Waals surface area contributed by atoms with Crippen molar-refractivity contribution in [1.29, 1.82) is 0 Å². The van der Waals surface area contributed by atoms with Crippen LogP contribution < -0.4 is 5.32 Å². The van der Waals surface area contributed by atoms with Crippen molar-refractivity contribution in [1.82, 2.24) is 24.3 Å². The highest BCUT2D eigenvalue weighted by molar-refractivity contribution is 7.21. The van der Waals surface area contributed by atoms with Gasteiger partial charge < -0.3 is 9.72 Å². The van der Waals surface area contributed by atoms with E-state index < -0.39 is 0 Å². The lowest BCUT2D eigenvalue weighted by molar-refractivity contribution is 1.04. The molecule has 110 valence electrons. The second-order valence-electron chi connectivity index (χ2n) is 5.14. The van der Waals surface area contributed by atoms with Gasteiger partial charge in [0.05, 0.1) is 23.1 Å². The number of hydrogen-bond donors (Lipinski definition) is 1.